The molecule has 1 aliphatic heterocycles. The van der Waals surface area contributed by atoms with Gasteiger partial charge in [0.1, 0.15) is 5.75 Å². The number of rotatable bonds is 4. The summed E-state index contributed by atoms with van der Waals surface area (Å²) < 4.78 is 6.03. The molecule has 1 saturated carbocycles. The Morgan fingerprint density at radius 2 is 1.83 bits per heavy atom. The van der Waals surface area contributed by atoms with Gasteiger partial charge in [0, 0.05) is 24.8 Å². The van der Waals surface area contributed by atoms with Gasteiger partial charge in [-0.05, 0) is 75.6 Å². The van der Waals surface area contributed by atoms with Crippen LogP contribution in [0.2, 0.25) is 0 Å². The van der Waals surface area contributed by atoms with Gasteiger partial charge >= 0.3 is 0 Å². The van der Waals surface area contributed by atoms with E-state index in [9.17, 15) is 9.90 Å². The third-order valence-electron chi connectivity index (χ3n) is 5.45. The summed E-state index contributed by atoms with van der Waals surface area (Å²) in [5.41, 5.74) is 0.705. The second kappa shape index (κ2) is 8.02. The van der Waals surface area contributed by atoms with Gasteiger partial charge in [0.15, 0.2) is 0 Å². The van der Waals surface area contributed by atoms with Crippen molar-refractivity contribution in [2.75, 3.05) is 13.2 Å². The average Bonchev–Trinajstić information content (AvgIpc) is 2.63. The number of carbonyl (C=O) groups excluding carboxylic acids is 1. The molecule has 2 fully saturated rings. The zero-order chi connectivity index (χ0) is 16.9. The molecule has 0 radical (unpaired) electrons. The number of hydrogen-bond acceptors (Lipinski definition) is 3. The molecule has 1 amide bonds. The molecule has 1 aliphatic carbocycles. The number of amides is 1. The predicted octanol–water partition coefficient (Wildman–Crippen LogP) is 3.63. The fraction of sp³-hybridized carbons (Fsp3) is 0.650. The van der Waals surface area contributed by atoms with E-state index in [1.807, 2.05) is 29.2 Å². The topological polar surface area (TPSA) is 49.8 Å². The fourth-order valence-corrected chi connectivity index (χ4v) is 3.83. The summed E-state index contributed by atoms with van der Waals surface area (Å²) in [5, 5.41) is 9.39. The van der Waals surface area contributed by atoms with Crippen LogP contribution >= 0.6 is 0 Å². The molecule has 2 aliphatic rings. The monoisotopic (exact) mass is 331 g/mol. The van der Waals surface area contributed by atoms with E-state index in [4.69, 9.17) is 4.74 Å². The maximum atomic E-state index is 12.8. The van der Waals surface area contributed by atoms with Gasteiger partial charge in [0.05, 0.1) is 6.10 Å². The Bertz CT molecular complexity index is 536. The number of carbonyl (C=O) groups is 1. The van der Waals surface area contributed by atoms with Crippen LogP contribution in [0, 0.1) is 5.92 Å². The van der Waals surface area contributed by atoms with Crippen molar-refractivity contribution in [3.05, 3.63) is 29.8 Å². The Hall–Kier alpha value is -1.55. The first-order valence-corrected chi connectivity index (χ1v) is 9.36. The van der Waals surface area contributed by atoms with Crippen LogP contribution in [0.25, 0.3) is 0 Å². The van der Waals surface area contributed by atoms with E-state index in [0.29, 0.717) is 18.2 Å². The molecule has 0 spiro atoms. The van der Waals surface area contributed by atoms with Crippen LogP contribution in [0.3, 0.4) is 0 Å². The molecule has 1 aromatic carbocycles. The van der Waals surface area contributed by atoms with Crippen molar-refractivity contribution in [1.29, 1.82) is 0 Å². The largest absolute Gasteiger partial charge is 0.490 e. The standard InChI is InChI=1S/C20H29NO3/c1-15-7-8-16(14-22)13-21(15)20(23)17-9-11-19(12-10-17)24-18-5-3-2-4-6-18/h9-12,15-16,18,22H,2-8,13-14H2,1H3. The van der Waals surface area contributed by atoms with E-state index in [-0.39, 0.29) is 24.5 Å². The fourth-order valence-electron chi connectivity index (χ4n) is 3.83. The quantitative estimate of drug-likeness (QED) is 0.916. The van der Waals surface area contributed by atoms with Crippen LogP contribution in [-0.4, -0.2) is 41.2 Å². The zero-order valence-corrected chi connectivity index (χ0v) is 14.6. The number of nitrogens with zero attached hydrogens (tertiary/aromatic N) is 1. The van der Waals surface area contributed by atoms with Crippen LogP contribution in [0.15, 0.2) is 24.3 Å². The summed E-state index contributed by atoms with van der Waals surface area (Å²) in [6.07, 6.45) is 8.36. The number of aliphatic hydroxyl groups is 1. The molecule has 0 bridgehead atoms. The average molecular weight is 331 g/mol. The molecule has 24 heavy (non-hydrogen) atoms. The van der Waals surface area contributed by atoms with Gasteiger partial charge in [0.25, 0.3) is 5.91 Å². The second-order valence-corrected chi connectivity index (χ2v) is 7.33. The number of aliphatic hydroxyl groups excluding tert-OH is 1. The number of likely N-dealkylation sites (tertiary alicyclic amines) is 1. The normalized spacial score (nSPS) is 25.5. The zero-order valence-electron chi connectivity index (χ0n) is 14.6. The van der Waals surface area contributed by atoms with Crippen molar-refractivity contribution in [2.45, 2.75) is 64.0 Å². The van der Waals surface area contributed by atoms with Gasteiger partial charge in [-0.3, -0.25) is 4.79 Å². The minimum Gasteiger partial charge on any atom is -0.490 e. The molecule has 1 saturated heterocycles. The van der Waals surface area contributed by atoms with Crippen molar-refractivity contribution >= 4 is 5.91 Å². The lowest BCUT2D eigenvalue weighted by molar-refractivity contribution is 0.0489. The first-order valence-electron chi connectivity index (χ1n) is 9.36. The van der Waals surface area contributed by atoms with Crippen molar-refractivity contribution in [2.24, 2.45) is 5.92 Å². The Morgan fingerprint density at radius 1 is 1.12 bits per heavy atom. The first-order chi connectivity index (χ1) is 11.7. The maximum absolute atomic E-state index is 12.8. The van der Waals surface area contributed by atoms with E-state index in [1.54, 1.807) is 0 Å². The maximum Gasteiger partial charge on any atom is 0.254 e. The Kier molecular flexibility index (Phi) is 5.77. The Morgan fingerprint density at radius 3 is 2.50 bits per heavy atom. The molecule has 0 aromatic heterocycles. The minimum atomic E-state index is 0.0601. The number of benzene rings is 1. The summed E-state index contributed by atoms with van der Waals surface area (Å²) in [4.78, 5) is 14.7. The van der Waals surface area contributed by atoms with Crippen LogP contribution < -0.4 is 4.74 Å². The van der Waals surface area contributed by atoms with E-state index < -0.39 is 0 Å². The van der Waals surface area contributed by atoms with Crippen molar-refractivity contribution in [1.82, 2.24) is 4.90 Å². The summed E-state index contributed by atoms with van der Waals surface area (Å²) in [6, 6.07) is 7.81. The summed E-state index contributed by atoms with van der Waals surface area (Å²) in [7, 11) is 0. The highest BCUT2D eigenvalue weighted by atomic mass is 16.5. The highest BCUT2D eigenvalue weighted by molar-refractivity contribution is 5.94. The van der Waals surface area contributed by atoms with Gasteiger partial charge in [-0.25, -0.2) is 0 Å². The van der Waals surface area contributed by atoms with Crippen molar-refractivity contribution in [3.63, 3.8) is 0 Å². The first kappa shape index (κ1) is 17.3. The third-order valence-corrected chi connectivity index (χ3v) is 5.45. The van der Waals surface area contributed by atoms with Crippen molar-refractivity contribution in [3.8, 4) is 5.75 Å². The number of hydrogen-bond donors (Lipinski definition) is 1. The molecule has 2 atom stereocenters. The lowest BCUT2D eigenvalue weighted by Gasteiger charge is -2.37. The molecule has 3 rings (SSSR count). The predicted molar refractivity (Wildman–Crippen MR) is 94.3 cm³/mol. The van der Waals surface area contributed by atoms with E-state index in [0.717, 1.165) is 31.4 Å². The summed E-state index contributed by atoms with van der Waals surface area (Å²) in [6.45, 7) is 2.90. The molecular formula is C20H29NO3. The van der Waals surface area contributed by atoms with E-state index >= 15 is 0 Å². The van der Waals surface area contributed by atoms with Crippen LogP contribution in [-0.2, 0) is 0 Å². The Labute approximate surface area is 144 Å². The summed E-state index contributed by atoms with van der Waals surface area (Å²) in [5.74, 6) is 1.13. The van der Waals surface area contributed by atoms with Gasteiger partial charge < -0.3 is 14.7 Å². The molecule has 1 N–H and O–H groups in total. The van der Waals surface area contributed by atoms with Crippen LogP contribution in [0.5, 0.6) is 5.75 Å². The highest BCUT2D eigenvalue weighted by Crippen LogP contribution is 2.26. The molecular weight excluding hydrogens is 302 g/mol. The summed E-state index contributed by atoms with van der Waals surface area (Å²) >= 11 is 0. The molecule has 132 valence electrons. The lowest BCUT2D eigenvalue weighted by atomic mass is 9.93. The van der Waals surface area contributed by atoms with E-state index in [2.05, 4.69) is 6.92 Å². The molecule has 4 heteroatoms. The molecule has 4 nitrogen and oxygen atoms in total. The smallest absolute Gasteiger partial charge is 0.254 e. The minimum absolute atomic E-state index is 0.0601. The van der Waals surface area contributed by atoms with Gasteiger partial charge in [-0.1, -0.05) is 6.42 Å². The van der Waals surface area contributed by atoms with E-state index in [1.165, 1.54) is 19.3 Å². The SMILES string of the molecule is CC1CCC(CO)CN1C(=O)c1ccc(OC2CCCCC2)cc1. The van der Waals surface area contributed by atoms with Crippen molar-refractivity contribution < 1.29 is 14.6 Å². The lowest BCUT2D eigenvalue weighted by Crippen LogP contribution is -2.46. The highest BCUT2D eigenvalue weighted by Gasteiger charge is 2.29. The number of ether oxygens (including phenoxy) is 1. The molecule has 1 heterocycles. The second-order valence-electron chi connectivity index (χ2n) is 7.33. The number of piperidine rings is 1. The van der Waals surface area contributed by atoms with Gasteiger partial charge in [0.2, 0.25) is 0 Å². The third kappa shape index (κ3) is 4.10. The van der Waals surface area contributed by atoms with Gasteiger partial charge in [-0.2, -0.15) is 0 Å². The Balaban J connectivity index is 1.62. The van der Waals surface area contributed by atoms with Gasteiger partial charge in [-0.15, -0.1) is 0 Å². The van der Waals surface area contributed by atoms with Crippen LogP contribution in [0.4, 0.5) is 0 Å². The molecule has 1 aromatic rings. The van der Waals surface area contributed by atoms with Crippen LogP contribution in [0.1, 0.15) is 62.2 Å². The molecule has 2 unspecified atom stereocenters.